The van der Waals surface area contributed by atoms with Gasteiger partial charge in [-0.15, -0.1) is 12.3 Å². The Kier molecular flexibility index (Phi) is 1.06. The zero-order valence-electron chi connectivity index (χ0n) is 4.65. The number of hydrogen-bond donors (Lipinski definition) is 0. The molecule has 7 heavy (non-hydrogen) atoms. The molecule has 1 atom stereocenters. The van der Waals surface area contributed by atoms with Crippen LogP contribution < -0.4 is 0 Å². The second kappa shape index (κ2) is 1.58. The van der Waals surface area contributed by atoms with Crippen LogP contribution in [-0.4, -0.2) is 0 Å². The summed E-state index contributed by atoms with van der Waals surface area (Å²) < 4.78 is 0. The highest BCUT2D eigenvalue weighted by Crippen LogP contribution is 2.35. The third-order valence-corrected chi connectivity index (χ3v) is 1.59. The maximum absolute atomic E-state index is 5.16. The largest absolute Gasteiger partial charge is 0.120 e. The van der Waals surface area contributed by atoms with Crippen molar-refractivity contribution >= 4 is 0 Å². The average molecular weight is 94.2 g/mol. The molecule has 0 radical (unpaired) electrons. The molecule has 1 aliphatic rings. The van der Waals surface area contributed by atoms with Gasteiger partial charge < -0.3 is 0 Å². The Hall–Kier alpha value is -0.440. The Bertz CT molecular complexity index is 93.1. The van der Waals surface area contributed by atoms with E-state index >= 15 is 0 Å². The molecule has 1 aliphatic carbocycles. The smallest absolute Gasteiger partial charge is 0.0200 e. The fourth-order valence-electron chi connectivity index (χ4n) is 0.732. The summed E-state index contributed by atoms with van der Waals surface area (Å²) in [4.78, 5) is 0. The van der Waals surface area contributed by atoms with Gasteiger partial charge in [0.2, 0.25) is 0 Å². The number of hydrogen-bond acceptors (Lipinski definition) is 0. The van der Waals surface area contributed by atoms with E-state index in [0.717, 1.165) is 5.92 Å². The summed E-state index contributed by atoms with van der Waals surface area (Å²) in [7, 11) is 0. The van der Waals surface area contributed by atoms with Gasteiger partial charge in [-0.05, 0) is 18.8 Å². The van der Waals surface area contributed by atoms with Crippen LogP contribution in [-0.2, 0) is 0 Å². The molecule has 0 heterocycles. The van der Waals surface area contributed by atoms with Gasteiger partial charge in [-0.1, -0.05) is 6.92 Å². The van der Waals surface area contributed by atoms with Gasteiger partial charge in [0, 0.05) is 5.92 Å². The standard InChI is InChI=1S/C7H10/c1-3-6(2)7-4-5-7/h1,6-7H,4-5H2,2H3. The fourth-order valence-corrected chi connectivity index (χ4v) is 0.732. The Morgan fingerprint density at radius 2 is 2.29 bits per heavy atom. The molecule has 0 N–H and O–H groups in total. The van der Waals surface area contributed by atoms with E-state index in [4.69, 9.17) is 6.42 Å². The average Bonchev–Trinajstić information content (AvgIpc) is 2.44. The van der Waals surface area contributed by atoms with Crippen molar-refractivity contribution in [2.75, 3.05) is 0 Å². The van der Waals surface area contributed by atoms with Crippen LogP contribution in [0.2, 0.25) is 0 Å². The molecule has 38 valence electrons. The molecule has 0 bridgehead atoms. The molecule has 0 spiro atoms. The highest BCUT2D eigenvalue weighted by atomic mass is 14.3. The minimum atomic E-state index is 0.542. The Labute approximate surface area is 44.9 Å². The predicted molar refractivity (Wildman–Crippen MR) is 30.7 cm³/mol. The topological polar surface area (TPSA) is 0 Å². The third kappa shape index (κ3) is 0.962. The monoisotopic (exact) mass is 94.1 g/mol. The lowest BCUT2D eigenvalue weighted by atomic mass is 10.1. The second-order valence-corrected chi connectivity index (χ2v) is 2.29. The summed E-state index contributed by atoms with van der Waals surface area (Å²) in [5.41, 5.74) is 0. The maximum atomic E-state index is 5.16. The van der Waals surface area contributed by atoms with Crippen LogP contribution in [0, 0.1) is 24.2 Å². The van der Waals surface area contributed by atoms with Crippen molar-refractivity contribution in [1.82, 2.24) is 0 Å². The first-order chi connectivity index (χ1) is 3.34. The van der Waals surface area contributed by atoms with Crippen molar-refractivity contribution < 1.29 is 0 Å². The van der Waals surface area contributed by atoms with Crippen molar-refractivity contribution in [3.63, 3.8) is 0 Å². The normalized spacial score (nSPS) is 23.4. The van der Waals surface area contributed by atoms with Crippen molar-refractivity contribution in [2.45, 2.75) is 19.8 Å². The van der Waals surface area contributed by atoms with Gasteiger partial charge in [0.1, 0.15) is 0 Å². The van der Waals surface area contributed by atoms with Crippen molar-refractivity contribution in [3.05, 3.63) is 0 Å². The molecule has 1 unspecified atom stereocenters. The quantitative estimate of drug-likeness (QED) is 0.433. The van der Waals surface area contributed by atoms with Gasteiger partial charge in [-0.2, -0.15) is 0 Å². The van der Waals surface area contributed by atoms with E-state index in [-0.39, 0.29) is 0 Å². The van der Waals surface area contributed by atoms with Gasteiger partial charge in [0.25, 0.3) is 0 Å². The molecule has 0 heteroatoms. The van der Waals surface area contributed by atoms with Crippen LogP contribution in [0.15, 0.2) is 0 Å². The van der Waals surface area contributed by atoms with E-state index in [9.17, 15) is 0 Å². The third-order valence-electron chi connectivity index (χ3n) is 1.59. The predicted octanol–water partition coefficient (Wildman–Crippen LogP) is 1.67. The van der Waals surface area contributed by atoms with Crippen molar-refractivity contribution in [1.29, 1.82) is 0 Å². The lowest BCUT2D eigenvalue weighted by Crippen LogP contribution is -1.89. The first kappa shape index (κ1) is 4.71. The van der Waals surface area contributed by atoms with Gasteiger partial charge in [-0.3, -0.25) is 0 Å². The molecule has 1 rings (SSSR count). The molecule has 0 amide bonds. The molecule has 0 aromatic heterocycles. The van der Waals surface area contributed by atoms with Crippen LogP contribution in [0.1, 0.15) is 19.8 Å². The zero-order chi connectivity index (χ0) is 5.28. The van der Waals surface area contributed by atoms with Crippen LogP contribution in [0.5, 0.6) is 0 Å². The second-order valence-electron chi connectivity index (χ2n) is 2.29. The summed E-state index contributed by atoms with van der Waals surface area (Å²) in [6, 6.07) is 0. The van der Waals surface area contributed by atoms with Gasteiger partial charge in [-0.25, -0.2) is 0 Å². The van der Waals surface area contributed by atoms with Crippen LogP contribution >= 0.6 is 0 Å². The molecule has 0 nitrogen and oxygen atoms in total. The van der Waals surface area contributed by atoms with Crippen LogP contribution in [0.4, 0.5) is 0 Å². The Morgan fingerprint density at radius 1 is 1.71 bits per heavy atom. The molecule has 0 saturated heterocycles. The van der Waals surface area contributed by atoms with Crippen molar-refractivity contribution in [3.8, 4) is 12.3 Å². The van der Waals surface area contributed by atoms with E-state index < -0.39 is 0 Å². The van der Waals surface area contributed by atoms with Crippen molar-refractivity contribution in [2.24, 2.45) is 11.8 Å². The Balaban J connectivity index is 2.27. The van der Waals surface area contributed by atoms with E-state index in [1.54, 1.807) is 0 Å². The summed E-state index contributed by atoms with van der Waals surface area (Å²) in [6.45, 7) is 2.12. The lowest BCUT2D eigenvalue weighted by molar-refractivity contribution is 0.651. The van der Waals surface area contributed by atoms with Gasteiger partial charge >= 0.3 is 0 Å². The highest BCUT2D eigenvalue weighted by molar-refractivity contribution is 4.98. The summed E-state index contributed by atoms with van der Waals surface area (Å²) in [5.74, 6) is 4.15. The minimum absolute atomic E-state index is 0.542. The molecular formula is C7H10. The molecule has 1 fully saturated rings. The lowest BCUT2D eigenvalue weighted by Gasteiger charge is -1.94. The molecule has 0 aromatic carbocycles. The molecule has 1 saturated carbocycles. The fraction of sp³-hybridized carbons (Fsp3) is 0.714. The molecular weight excluding hydrogens is 84.1 g/mol. The number of terminal acetylenes is 1. The first-order valence-corrected chi connectivity index (χ1v) is 2.80. The summed E-state index contributed by atoms with van der Waals surface area (Å²) >= 11 is 0. The summed E-state index contributed by atoms with van der Waals surface area (Å²) in [5, 5.41) is 0. The van der Waals surface area contributed by atoms with E-state index in [1.165, 1.54) is 12.8 Å². The molecule has 0 aliphatic heterocycles. The summed E-state index contributed by atoms with van der Waals surface area (Å²) in [6.07, 6.45) is 7.90. The minimum Gasteiger partial charge on any atom is -0.120 e. The Morgan fingerprint density at radius 3 is 2.43 bits per heavy atom. The molecule has 0 aromatic rings. The number of rotatable bonds is 1. The SMILES string of the molecule is C#CC(C)C1CC1. The van der Waals surface area contributed by atoms with Crippen LogP contribution in [0.3, 0.4) is 0 Å². The zero-order valence-corrected chi connectivity index (χ0v) is 4.65. The van der Waals surface area contributed by atoms with Crippen LogP contribution in [0.25, 0.3) is 0 Å². The van der Waals surface area contributed by atoms with E-state index in [0.29, 0.717) is 5.92 Å². The van der Waals surface area contributed by atoms with E-state index in [1.807, 2.05) is 0 Å². The maximum Gasteiger partial charge on any atom is 0.0200 e. The van der Waals surface area contributed by atoms with E-state index in [2.05, 4.69) is 12.8 Å². The highest BCUT2D eigenvalue weighted by Gasteiger charge is 2.25. The van der Waals surface area contributed by atoms with Gasteiger partial charge in [0.05, 0.1) is 0 Å². The van der Waals surface area contributed by atoms with Gasteiger partial charge in [0.15, 0.2) is 0 Å². The first-order valence-electron chi connectivity index (χ1n) is 2.80.